The minimum Gasteiger partial charge on any atom is -0.380 e. The van der Waals surface area contributed by atoms with Crippen molar-refractivity contribution in [2.45, 2.75) is 46.7 Å². The number of ether oxygens (including phenoxy) is 1. The number of hydrogen-bond donors (Lipinski definition) is 0. The van der Waals surface area contributed by atoms with Gasteiger partial charge < -0.3 is 4.74 Å². The van der Waals surface area contributed by atoms with E-state index in [1.165, 1.54) is 9.13 Å². The zero-order valence-corrected chi connectivity index (χ0v) is 16.0. The normalized spacial score (nSPS) is 16.9. The molecular formula is C17H26N6O3. The third-order valence-electron chi connectivity index (χ3n) is 4.76. The van der Waals surface area contributed by atoms with Crippen LogP contribution in [0.25, 0.3) is 11.2 Å². The summed E-state index contributed by atoms with van der Waals surface area (Å²) in [5, 5.41) is 6.35. The number of hydrazone groups is 1. The Hall–Kier alpha value is -2.42. The summed E-state index contributed by atoms with van der Waals surface area (Å²) in [6.07, 6.45) is 0.707. The maximum absolute atomic E-state index is 13.0. The van der Waals surface area contributed by atoms with Crippen molar-refractivity contribution in [2.24, 2.45) is 12.1 Å². The van der Waals surface area contributed by atoms with Gasteiger partial charge in [-0.05, 0) is 27.2 Å². The Bertz CT molecular complexity index is 968. The molecule has 0 spiro atoms. The number of aromatic nitrogens is 4. The summed E-state index contributed by atoms with van der Waals surface area (Å²) in [5.41, 5.74) is 1.07. The van der Waals surface area contributed by atoms with Crippen molar-refractivity contribution >= 4 is 22.8 Å². The van der Waals surface area contributed by atoms with Crippen LogP contribution in [0.4, 0.5) is 5.95 Å². The highest BCUT2D eigenvalue weighted by Crippen LogP contribution is 2.29. The van der Waals surface area contributed by atoms with E-state index >= 15 is 0 Å². The van der Waals surface area contributed by atoms with Gasteiger partial charge in [-0.25, -0.2) is 9.80 Å². The maximum Gasteiger partial charge on any atom is 0.332 e. The van der Waals surface area contributed by atoms with E-state index < -0.39 is 0 Å². The molecule has 0 bridgehead atoms. The number of aryl methyl sites for hydroxylation is 1. The largest absolute Gasteiger partial charge is 0.380 e. The van der Waals surface area contributed by atoms with Gasteiger partial charge in [0.15, 0.2) is 11.2 Å². The Morgan fingerprint density at radius 3 is 2.58 bits per heavy atom. The highest BCUT2D eigenvalue weighted by atomic mass is 16.5. The molecule has 0 aromatic carbocycles. The number of rotatable bonds is 6. The highest BCUT2D eigenvalue weighted by molar-refractivity contribution is 5.91. The SMILES string of the molecule is CCCn1c(=O)c2c(nc3n2[C@@H](C)C(C)=NN3CCOCC)n(C)c1=O. The Labute approximate surface area is 151 Å². The van der Waals surface area contributed by atoms with Crippen LogP contribution in [-0.4, -0.2) is 44.2 Å². The van der Waals surface area contributed by atoms with Gasteiger partial charge in [-0.15, -0.1) is 0 Å². The fourth-order valence-electron chi connectivity index (χ4n) is 3.25. The van der Waals surface area contributed by atoms with Crippen molar-refractivity contribution in [3.8, 4) is 0 Å². The Kier molecular flexibility index (Phi) is 4.99. The van der Waals surface area contributed by atoms with E-state index in [9.17, 15) is 9.59 Å². The minimum atomic E-state index is -0.342. The molecule has 0 aliphatic carbocycles. The van der Waals surface area contributed by atoms with Gasteiger partial charge in [0.05, 0.1) is 24.9 Å². The summed E-state index contributed by atoms with van der Waals surface area (Å²) in [5.74, 6) is 0.569. The first-order valence-electron chi connectivity index (χ1n) is 9.04. The topological polar surface area (TPSA) is 86.7 Å². The standard InChI is InChI=1S/C17H26N6O3/c1-6-8-21-15(24)13-14(20(5)17(21)25)18-16-22(9-10-26-7-2)19-11(3)12(4)23(13)16/h12H,6-10H2,1-5H3/t12-/m0/s1. The van der Waals surface area contributed by atoms with Crippen molar-refractivity contribution < 1.29 is 4.74 Å². The molecule has 0 amide bonds. The molecule has 0 radical (unpaired) electrons. The fraction of sp³-hybridized carbons (Fsp3) is 0.647. The third kappa shape index (κ3) is 2.76. The van der Waals surface area contributed by atoms with Gasteiger partial charge in [0.25, 0.3) is 5.56 Å². The predicted molar refractivity (Wildman–Crippen MR) is 101 cm³/mol. The Balaban J connectivity index is 2.26. The van der Waals surface area contributed by atoms with Gasteiger partial charge in [0.1, 0.15) is 0 Å². The summed E-state index contributed by atoms with van der Waals surface area (Å²) in [4.78, 5) is 30.2. The first-order valence-corrected chi connectivity index (χ1v) is 9.04. The van der Waals surface area contributed by atoms with Crippen LogP contribution in [-0.2, 0) is 18.3 Å². The summed E-state index contributed by atoms with van der Waals surface area (Å²) in [6.45, 7) is 9.84. The molecule has 9 nitrogen and oxygen atoms in total. The second kappa shape index (κ2) is 7.06. The number of fused-ring (bicyclic) bond motifs is 3. The van der Waals surface area contributed by atoms with Crippen LogP contribution >= 0.6 is 0 Å². The van der Waals surface area contributed by atoms with Crippen LogP contribution in [0.3, 0.4) is 0 Å². The maximum atomic E-state index is 13.0. The van der Waals surface area contributed by atoms with E-state index in [1.807, 2.05) is 32.3 Å². The molecule has 0 saturated carbocycles. The first-order chi connectivity index (χ1) is 12.4. The molecule has 1 aliphatic heterocycles. The number of nitrogens with zero attached hydrogens (tertiary/aromatic N) is 6. The van der Waals surface area contributed by atoms with Gasteiger partial charge in [0.2, 0.25) is 5.95 Å². The van der Waals surface area contributed by atoms with E-state index in [2.05, 4.69) is 10.1 Å². The molecule has 3 heterocycles. The van der Waals surface area contributed by atoms with Crippen molar-refractivity contribution in [1.82, 2.24) is 18.7 Å². The summed E-state index contributed by atoms with van der Waals surface area (Å²) in [7, 11) is 1.65. The van der Waals surface area contributed by atoms with Crippen LogP contribution in [0.15, 0.2) is 14.7 Å². The van der Waals surface area contributed by atoms with E-state index in [-0.39, 0.29) is 17.3 Å². The van der Waals surface area contributed by atoms with Gasteiger partial charge in [-0.1, -0.05) is 6.92 Å². The molecule has 2 aromatic rings. The lowest BCUT2D eigenvalue weighted by molar-refractivity contribution is 0.153. The van der Waals surface area contributed by atoms with Gasteiger partial charge >= 0.3 is 5.69 Å². The van der Waals surface area contributed by atoms with Crippen LogP contribution < -0.4 is 16.3 Å². The van der Waals surface area contributed by atoms with Crippen LogP contribution in [0, 0.1) is 0 Å². The molecule has 26 heavy (non-hydrogen) atoms. The molecule has 2 aromatic heterocycles. The quantitative estimate of drug-likeness (QED) is 0.718. The average molecular weight is 362 g/mol. The van der Waals surface area contributed by atoms with E-state index in [0.717, 1.165) is 5.71 Å². The molecule has 0 unspecified atom stereocenters. The van der Waals surface area contributed by atoms with Gasteiger partial charge in [-0.2, -0.15) is 10.1 Å². The van der Waals surface area contributed by atoms with E-state index in [1.54, 1.807) is 12.1 Å². The smallest absolute Gasteiger partial charge is 0.332 e. The number of hydrogen-bond acceptors (Lipinski definition) is 6. The molecule has 9 heteroatoms. The zero-order chi connectivity index (χ0) is 19.0. The summed E-state index contributed by atoms with van der Waals surface area (Å²) >= 11 is 0. The molecular weight excluding hydrogens is 336 g/mol. The lowest BCUT2D eigenvalue weighted by Gasteiger charge is -2.29. The lowest BCUT2D eigenvalue weighted by atomic mass is 10.2. The van der Waals surface area contributed by atoms with Crippen LogP contribution in [0.1, 0.15) is 40.2 Å². The Morgan fingerprint density at radius 2 is 1.92 bits per heavy atom. The van der Waals surface area contributed by atoms with Gasteiger partial charge in [0, 0.05) is 20.2 Å². The minimum absolute atomic E-state index is 0.112. The van der Waals surface area contributed by atoms with E-state index in [0.29, 0.717) is 49.8 Å². The molecule has 142 valence electrons. The molecule has 1 atom stereocenters. The zero-order valence-electron chi connectivity index (χ0n) is 16.0. The number of imidazole rings is 1. The highest BCUT2D eigenvalue weighted by Gasteiger charge is 2.30. The summed E-state index contributed by atoms with van der Waals surface area (Å²) in [6, 6.07) is -0.112. The second-order valence-corrected chi connectivity index (χ2v) is 6.49. The van der Waals surface area contributed by atoms with Crippen LogP contribution in [0.5, 0.6) is 0 Å². The third-order valence-corrected chi connectivity index (χ3v) is 4.76. The fourth-order valence-corrected chi connectivity index (χ4v) is 3.25. The van der Waals surface area contributed by atoms with E-state index in [4.69, 9.17) is 4.74 Å². The Morgan fingerprint density at radius 1 is 1.19 bits per heavy atom. The predicted octanol–water partition coefficient (Wildman–Crippen LogP) is 1.10. The van der Waals surface area contributed by atoms with Crippen molar-refractivity contribution in [1.29, 1.82) is 0 Å². The molecule has 0 fully saturated rings. The monoisotopic (exact) mass is 362 g/mol. The number of anilines is 1. The molecule has 1 aliphatic rings. The molecule has 3 rings (SSSR count). The average Bonchev–Trinajstić information content (AvgIpc) is 3.02. The van der Waals surface area contributed by atoms with Crippen molar-refractivity contribution in [3.05, 3.63) is 20.8 Å². The van der Waals surface area contributed by atoms with Gasteiger partial charge in [-0.3, -0.25) is 18.5 Å². The second-order valence-electron chi connectivity index (χ2n) is 6.49. The summed E-state index contributed by atoms with van der Waals surface area (Å²) < 4.78 is 10.1. The first kappa shape index (κ1) is 18.4. The van der Waals surface area contributed by atoms with Crippen LogP contribution in [0.2, 0.25) is 0 Å². The molecule has 0 N–H and O–H groups in total. The van der Waals surface area contributed by atoms with Crippen molar-refractivity contribution in [2.75, 3.05) is 24.8 Å². The van der Waals surface area contributed by atoms with Crippen molar-refractivity contribution in [3.63, 3.8) is 0 Å². The lowest BCUT2D eigenvalue weighted by Crippen LogP contribution is -2.40. The molecule has 0 saturated heterocycles.